The van der Waals surface area contributed by atoms with Gasteiger partial charge in [0.25, 0.3) is 0 Å². The van der Waals surface area contributed by atoms with E-state index < -0.39 is 0 Å². The minimum atomic E-state index is 0.854. The maximum atomic E-state index is 5.17. The highest BCUT2D eigenvalue weighted by molar-refractivity contribution is 5.25. The summed E-state index contributed by atoms with van der Waals surface area (Å²) in [5, 5.41) is 0. The molecule has 0 fully saturated rings. The molecule has 0 aromatic heterocycles. The molecule has 0 heteroatoms. The van der Waals surface area contributed by atoms with Gasteiger partial charge in [-0.1, -0.05) is 18.4 Å². The molecule has 0 N–H and O–H groups in total. The first kappa shape index (κ1) is 14.4. The first-order valence-electron chi connectivity index (χ1n) is 5.85. The molecule has 0 unspecified atom stereocenters. The second kappa shape index (κ2) is 11.5. The highest BCUT2D eigenvalue weighted by Gasteiger charge is 1.90. The molecule has 0 atom stereocenters. The zero-order valence-electron chi connectivity index (χ0n) is 10.0. The molecule has 0 amide bonds. The molecule has 16 heavy (non-hydrogen) atoms. The lowest BCUT2D eigenvalue weighted by molar-refractivity contribution is 0.761. The average molecular weight is 212 g/mol. The molecule has 84 valence electrons. The van der Waals surface area contributed by atoms with Gasteiger partial charge in [-0.2, -0.15) is 0 Å². The summed E-state index contributed by atoms with van der Waals surface area (Å²) in [4.78, 5) is 0. The molecule has 0 aliphatic carbocycles. The van der Waals surface area contributed by atoms with Crippen molar-refractivity contribution in [3.8, 4) is 36.5 Å². The van der Waals surface area contributed by atoms with E-state index in [1.807, 2.05) is 0 Å². The van der Waals surface area contributed by atoms with Crippen LogP contribution in [0, 0.1) is 36.5 Å². The zero-order valence-corrected chi connectivity index (χ0v) is 10.0. The Morgan fingerprint density at radius 1 is 0.875 bits per heavy atom. The highest BCUT2D eigenvalue weighted by Crippen LogP contribution is 2.06. The molecule has 0 nitrogen and oxygen atoms in total. The number of rotatable bonds is 7. The summed E-state index contributed by atoms with van der Waals surface area (Å²) >= 11 is 0. The van der Waals surface area contributed by atoms with E-state index in [4.69, 9.17) is 12.8 Å². The molecule has 0 radical (unpaired) electrons. The third-order valence-electron chi connectivity index (χ3n) is 2.19. The van der Waals surface area contributed by atoms with Gasteiger partial charge in [0.15, 0.2) is 0 Å². The molecule has 0 spiro atoms. The number of allylic oxidation sites excluding steroid dienone is 1. The van der Waals surface area contributed by atoms with E-state index in [1.54, 1.807) is 0 Å². The van der Waals surface area contributed by atoms with Crippen molar-refractivity contribution in [3.63, 3.8) is 0 Å². The van der Waals surface area contributed by atoms with E-state index in [9.17, 15) is 0 Å². The quantitative estimate of drug-likeness (QED) is 0.443. The van der Waals surface area contributed by atoms with Crippen LogP contribution in [-0.2, 0) is 0 Å². The molecule has 0 bridgehead atoms. The van der Waals surface area contributed by atoms with Crippen molar-refractivity contribution in [3.05, 3.63) is 12.2 Å². The van der Waals surface area contributed by atoms with Gasteiger partial charge in [0.2, 0.25) is 0 Å². The predicted octanol–water partition coefficient (Wildman–Crippen LogP) is 3.93. The van der Waals surface area contributed by atoms with Crippen LogP contribution >= 0.6 is 0 Å². The van der Waals surface area contributed by atoms with Gasteiger partial charge < -0.3 is 0 Å². The maximum absolute atomic E-state index is 5.17. The summed E-state index contributed by atoms with van der Waals surface area (Å²) in [7, 11) is 0. The number of hydrogen-bond acceptors (Lipinski definition) is 0. The molecule has 0 rings (SSSR count). The van der Waals surface area contributed by atoms with Crippen LogP contribution in [0.2, 0.25) is 0 Å². The van der Waals surface area contributed by atoms with E-state index in [1.165, 1.54) is 0 Å². The summed E-state index contributed by atoms with van der Waals surface area (Å²) in [5.41, 5.74) is 1.02. The molecule has 0 saturated heterocycles. The fraction of sp³-hybridized carbons (Fsp3) is 0.500. The van der Waals surface area contributed by atoms with Crippen molar-refractivity contribution >= 4 is 0 Å². The molecule has 0 aromatic rings. The maximum Gasteiger partial charge on any atom is 0.00926 e. The van der Waals surface area contributed by atoms with Gasteiger partial charge in [0.05, 0.1) is 0 Å². The Labute approximate surface area is 101 Å². The molecular formula is C16H20. The largest absolute Gasteiger partial charge is 0.120 e. The van der Waals surface area contributed by atoms with Crippen LogP contribution in [0.5, 0.6) is 0 Å². The number of unbranched alkanes of at least 4 members (excludes halogenated alkanes) is 5. The Balaban J connectivity index is 3.45. The predicted molar refractivity (Wildman–Crippen MR) is 71.5 cm³/mol. The van der Waals surface area contributed by atoms with Crippen molar-refractivity contribution in [1.29, 1.82) is 0 Å². The van der Waals surface area contributed by atoms with Crippen molar-refractivity contribution < 1.29 is 0 Å². The van der Waals surface area contributed by atoms with Gasteiger partial charge in [0.1, 0.15) is 0 Å². The van der Waals surface area contributed by atoms with E-state index >= 15 is 0 Å². The normalized spacial score (nSPS) is 8.38. The van der Waals surface area contributed by atoms with Gasteiger partial charge in [-0.3, -0.25) is 0 Å². The van der Waals surface area contributed by atoms with Gasteiger partial charge >= 0.3 is 0 Å². The summed E-state index contributed by atoms with van der Waals surface area (Å²) < 4.78 is 0. The Kier molecular flexibility index (Phi) is 10.4. The second-order valence-corrected chi connectivity index (χ2v) is 3.73. The zero-order chi connectivity index (χ0) is 12.1. The van der Waals surface area contributed by atoms with E-state index in [2.05, 4.69) is 30.3 Å². The minimum Gasteiger partial charge on any atom is -0.120 e. The fourth-order valence-corrected chi connectivity index (χ4v) is 1.26. The summed E-state index contributed by atoms with van der Waals surface area (Å²) in [6.45, 7) is 3.93. The lowest BCUT2D eigenvalue weighted by Crippen LogP contribution is -1.79. The summed E-state index contributed by atoms with van der Waals surface area (Å²) in [6.07, 6.45) is 18.2. The first-order chi connectivity index (χ1) is 7.81. The fourth-order valence-electron chi connectivity index (χ4n) is 1.26. The van der Waals surface area contributed by atoms with Crippen LogP contribution in [0.15, 0.2) is 12.2 Å². The van der Waals surface area contributed by atoms with E-state index in [0.29, 0.717) is 0 Å². The number of hydrogen-bond donors (Lipinski definition) is 0. The highest BCUT2D eigenvalue weighted by atomic mass is 13.9. The lowest BCUT2D eigenvalue weighted by atomic mass is 10.1. The molecule has 0 heterocycles. The van der Waals surface area contributed by atoms with Gasteiger partial charge in [-0.15, -0.1) is 24.7 Å². The van der Waals surface area contributed by atoms with Crippen LogP contribution in [0.4, 0.5) is 0 Å². The van der Waals surface area contributed by atoms with Crippen molar-refractivity contribution in [2.45, 2.75) is 51.4 Å². The van der Waals surface area contributed by atoms with Crippen molar-refractivity contribution in [1.82, 2.24) is 0 Å². The Morgan fingerprint density at radius 3 is 2.06 bits per heavy atom. The van der Waals surface area contributed by atoms with Gasteiger partial charge in [-0.05, 0) is 37.7 Å². The third kappa shape index (κ3) is 10.5. The smallest absolute Gasteiger partial charge is 0.00926 e. The minimum absolute atomic E-state index is 0.854. The Hall–Kier alpha value is -1.58. The molecule has 0 aromatic carbocycles. The molecular weight excluding hydrogens is 192 g/mol. The molecule has 0 aliphatic heterocycles. The van der Waals surface area contributed by atoms with Gasteiger partial charge in [0, 0.05) is 19.3 Å². The lowest BCUT2D eigenvalue weighted by Gasteiger charge is -1.95. The van der Waals surface area contributed by atoms with E-state index in [-0.39, 0.29) is 0 Å². The third-order valence-corrected chi connectivity index (χ3v) is 2.19. The monoisotopic (exact) mass is 212 g/mol. The molecule has 0 aliphatic rings. The van der Waals surface area contributed by atoms with Crippen LogP contribution in [-0.4, -0.2) is 0 Å². The average Bonchev–Trinajstić information content (AvgIpc) is 2.29. The van der Waals surface area contributed by atoms with E-state index in [0.717, 1.165) is 56.9 Å². The first-order valence-corrected chi connectivity index (χ1v) is 5.85. The molecule has 0 saturated carbocycles. The number of terminal acetylenes is 2. The second-order valence-electron chi connectivity index (χ2n) is 3.73. The van der Waals surface area contributed by atoms with Crippen LogP contribution < -0.4 is 0 Å². The van der Waals surface area contributed by atoms with Gasteiger partial charge in [-0.25, -0.2) is 0 Å². The Morgan fingerprint density at radius 2 is 1.44 bits per heavy atom. The van der Waals surface area contributed by atoms with Crippen LogP contribution in [0.1, 0.15) is 51.4 Å². The van der Waals surface area contributed by atoms with Crippen molar-refractivity contribution in [2.24, 2.45) is 0 Å². The van der Waals surface area contributed by atoms with Crippen LogP contribution in [0.25, 0.3) is 0 Å². The summed E-state index contributed by atoms with van der Waals surface area (Å²) in [6, 6.07) is 0. The summed E-state index contributed by atoms with van der Waals surface area (Å²) in [5.74, 6) is 11.5. The SMILES string of the molecule is C#CCCCCC#CC(=C)CCCCC#C. The van der Waals surface area contributed by atoms with Crippen molar-refractivity contribution in [2.75, 3.05) is 0 Å². The topological polar surface area (TPSA) is 0 Å². The standard InChI is InChI=1S/C16H20/c1-4-6-8-10-11-13-15-16(3)14-12-9-7-5-2/h1-2H,3,6-12,14H2. The van der Waals surface area contributed by atoms with Crippen LogP contribution in [0.3, 0.4) is 0 Å². The Bertz CT molecular complexity index is 322.